The summed E-state index contributed by atoms with van der Waals surface area (Å²) in [5.74, 6) is -1.22. The molecule has 0 amide bonds. The molecule has 1 aliphatic heterocycles. The molecular weight excluding hydrogens is 228 g/mol. The number of hydrogen-bond donors (Lipinski definition) is 0. The van der Waals surface area contributed by atoms with E-state index in [4.69, 9.17) is 4.74 Å². The van der Waals surface area contributed by atoms with Crippen LogP contribution in [0, 0.1) is 23.7 Å². The van der Waals surface area contributed by atoms with Gasteiger partial charge >= 0.3 is 11.9 Å². The predicted molar refractivity (Wildman–Crippen MR) is 68.5 cm³/mol. The quantitative estimate of drug-likeness (QED) is 0.429. The molecule has 3 heteroatoms. The molecule has 0 radical (unpaired) electrons. The van der Waals surface area contributed by atoms with Gasteiger partial charge in [-0.2, -0.15) is 0 Å². The first kappa shape index (κ1) is 13.1. The number of allylic oxidation sites excluding steroid dienone is 4. The van der Waals surface area contributed by atoms with Gasteiger partial charge in [0.05, 0.1) is 11.8 Å². The van der Waals surface area contributed by atoms with E-state index in [1.54, 1.807) is 0 Å². The third kappa shape index (κ3) is 2.02. The molecule has 1 heterocycles. The largest absolute Gasteiger partial charge is 0.393 e. The summed E-state index contributed by atoms with van der Waals surface area (Å²) >= 11 is 0. The Bertz CT molecular complexity index is 445. The SMILES string of the molecule is CCC(C)=CC1C=C(C)C(C)C2C(=O)OC(=O)C12. The van der Waals surface area contributed by atoms with Gasteiger partial charge in [-0.1, -0.05) is 37.1 Å². The van der Waals surface area contributed by atoms with Gasteiger partial charge in [0.1, 0.15) is 0 Å². The van der Waals surface area contributed by atoms with Crippen molar-refractivity contribution >= 4 is 11.9 Å². The van der Waals surface area contributed by atoms with Crippen molar-refractivity contribution in [2.75, 3.05) is 0 Å². The lowest BCUT2D eigenvalue weighted by atomic mass is 9.69. The fourth-order valence-corrected chi connectivity index (χ4v) is 2.88. The highest BCUT2D eigenvalue weighted by Gasteiger charge is 2.52. The van der Waals surface area contributed by atoms with E-state index in [2.05, 4.69) is 26.0 Å². The number of fused-ring (bicyclic) bond motifs is 1. The van der Waals surface area contributed by atoms with Crippen LogP contribution >= 0.6 is 0 Å². The topological polar surface area (TPSA) is 43.4 Å². The average molecular weight is 248 g/mol. The number of carbonyl (C=O) groups excluding carboxylic acids is 2. The summed E-state index contributed by atoms with van der Waals surface area (Å²) < 4.78 is 4.83. The van der Waals surface area contributed by atoms with Gasteiger partial charge in [-0.25, -0.2) is 0 Å². The van der Waals surface area contributed by atoms with Gasteiger partial charge in [-0.15, -0.1) is 0 Å². The lowest BCUT2D eigenvalue weighted by molar-refractivity contribution is -0.154. The second-order valence-electron chi connectivity index (χ2n) is 5.43. The van der Waals surface area contributed by atoms with Gasteiger partial charge < -0.3 is 4.74 Å². The summed E-state index contributed by atoms with van der Waals surface area (Å²) in [6.07, 6.45) is 5.18. The fraction of sp³-hybridized carbons (Fsp3) is 0.600. The molecule has 0 aromatic heterocycles. The predicted octanol–water partition coefficient (Wildman–Crippen LogP) is 2.87. The maximum atomic E-state index is 11.8. The lowest BCUT2D eigenvalue weighted by Gasteiger charge is -2.31. The molecule has 2 aliphatic rings. The molecule has 18 heavy (non-hydrogen) atoms. The minimum absolute atomic E-state index is 0.00472. The zero-order valence-corrected chi connectivity index (χ0v) is 11.4. The molecule has 0 aromatic rings. The summed E-state index contributed by atoms with van der Waals surface area (Å²) in [7, 11) is 0. The van der Waals surface area contributed by atoms with Gasteiger partial charge in [0.25, 0.3) is 0 Å². The van der Waals surface area contributed by atoms with Crippen molar-refractivity contribution in [3.63, 3.8) is 0 Å². The first-order chi connectivity index (χ1) is 8.45. The Morgan fingerprint density at radius 2 is 1.94 bits per heavy atom. The maximum Gasteiger partial charge on any atom is 0.318 e. The van der Waals surface area contributed by atoms with E-state index in [0.29, 0.717) is 0 Å². The molecule has 0 N–H and O–H groups in total. The number of esters is 2. The van der Waals surface area contributed by atoms with Crippen LogP contribution in [0.3, 0.4) is 0 Å². The van der Waals surface area contributed by atoms with Crippen molar-refractivity contribution in [1.29, 1.82) is 0 Å². The van der Waals surface area contributed by atoms with E-state index in [0.717, 1.165) is 6.42 Å². The highest BCUT2D eigenvalue weighted by Crippen LogP contribution is 2.44. The van der Waals surface area contributed by atoms with E-state index >= 15 is 0 Å². The van der Waals surface area contributed by atoms with Gasteiger partial charge in [0, 0.05) is 5.92 Å². The van der Waals surface area contributed by atoms with Crippen molar-refractivity contribution < 1.29 is 14.3 Å². The van der Waals surface area contributed by atoms with Crippen LogP contribution in [0.5, 0.6) is 0 Å². The molecule has 1 aliphatic carbocycles. The highest BCUT2D eigenvalue weighted by atomic mass is 16.6. The van der Waals surface area contributed by atoms with E-state index in [1.807, 2.05) is 13.8 Å². The van der Waals surface area contributed by atoms with Crippen molar-refractivity contribution in [2.24, 2.45) is 23.7 Å². The monoisotopic (exact) mass is 248 g/mol. The Hall–Kier alpha value is -1.38. The Morgan fingerprint density at radius 3 is 2.56 bits per heavy atom. The first-order valence-electron chi connectivity index (χ1n) is 6.56. The van der Waals surface area contributed by atoms with E-state index in [9.17, 15) is 9.59 Å². The van der Waals surface area contributed by atoms with Crippen molar-refractivity contribution in [3.05, 3.63) is 23.3 Å². The molecule has 0 saturated carbocycles. The Morgan fingerprint density at radius 1 is 1.33 bits per heavy atom. The number of rotatable bonds is 2. The molecule has 2 rings (SSSR count). The molecule has 0 bridgehead atoms. The number of carbonyl (C=O) groups is 2. The molecule has 0 spiro atoms. The molecular formula is C15H20O3. The molecule has 3 nitrogen and oxygen atoms in total. The molecule has 1 saturated heterocycles. The number of cyclic esters (lactones) is 2. The zero-order valence-electron chi connectivity index (χ0n) is 11.4. The normalized spacial score (nSPS) is 36.2. The fourth-order valence-electron chi connectivity index (χ4n) is 2.88. The van der Waals surface area contributed by atoms with Gasteiger partial charge in [0.15, 0.2) is 0 Å². The van der Waals surface area contributed by atoms with Crippen LogP contribution in [0.1, 0.15) is 34.1 Å². The summed E-state index contributed by atoms with van der Waals surface area (Å²) in [5, 5.41) is 0. The molecule has 4 unspecified atom stereocenters. The molecule has 0 aromatic carbocycles. The third-order valence-corrected chi connectivity index (χ3v) is 4.29. The van der Waals surface area contributed by atoms with Gasteiger partial charge in [-0.3, -0.25) is 9.59 Å². The summed E-state index contributed by atoms with van der Waals surface area (Å²) in [6, 6.07) is 0. The second-order valence-corrected chi connectivity index (χ2v) is 5.43. The minimum atomic E-state index is -0.356. The first-order valence-corrected chi connectivity index (χ1v) is 6.56. The number of hydrogen-bond acceptors (Lipinski definition) is 3. The second kappa shape index (κ2) is 4.71. The molecule has 4 atom stereocenters. The van der Waals surface area contributed by atoms with Crippen molar-refractivity contribution in [3.8, 4) is 0 Å². The smallest absolute Gasteiger partial charge is 0.318 e. The van der Waals surface area contributed by atoms with E-state index in [-0.39, 0.29) is 35.6 Å². The number of ether oxygens (including phenoxy) is 1. The zero-order chi connectivity index (χ0) is 13.4. The van der Waals surface area contributed by atoms with E-state index < -0.39 is 0 Å². The minimum Gasteiger partial charge on any atom is -0.393 e. The van der Waals surface area contributed by atoms with Crippen LogP contribution in [0.25, 0.3) is 0 Å². The third-order valence-electron chi connectivity index (χ3n) is 4.29. The van der Waals surface area contributed by atoms with Crippen LogP contribution in [-0.2, 0) is 14.3 Å². The van der Waals surface area contributed by atoms with Crippen molar-refractivity contribution in [1.82, 2.24) is 0 Å². The van der Waals surface area contributed by atoms with Crippen LogP contribution in [0.4, 0.5) is 0 Å². The van der Waals surface area contributed by atoms with Crippen LogP contribution in [-0.4, -0.2) is 11.9 Å². The standard InChI is InChI=1S/C15H20O3/c1-5-8(2)6-11-7-9(3)10(4)12-13(11)15(17)18-14(12)16/h6-7,10-13H,5H2,1-4H3. The highest BCUT2D eigenvalue weighted by molar-refractivity contribution is 5.97. The van der Waals surface area contributed by atoms with Crippen LogP contribution in [0.2, 0.25) is 0 Å². The maximum absolute atomic E-state index is 11.8. The average Bonchev–Trinajstić information content (AvgIpc) is 2.61. The van der Waals surface area contributed by atoms with E-state index in [1.165, 1.54) is 11.1 Å². The Balaban J connectivity index is 2.41. The summed E-state index contributed by atoms with van der Waals surface area (Å²) in [6.45, 7) is 8.16. The molecule has 1 fully saturated rings. The Kier molecular flexibility index (Phi) is 3.42. The van der Waals surface area contributed by atoms with Gasteiger partial charge in [-0.05, 0) is 26.2 Å². The van der Waals surface area contributed by atoms with Crippen molar-refractivity contribution in [2.45, 2.75) is 34.1 Å². The van der Waals surface area contributed by atoms with Gasteiger partial charge in [0.2, 0.25) is 0 Å². The Labute approximate surface area is 108 Å². The summed E-state index contributed by atoms with van der Waals surface area (Å²) in [4.78, 5) is 23.6. The molecule has 98 valence electrons. The van der Waals surface area contributed by atoms with Crippen LogP contribution < -0.4 is 0 Å². The van der Waals surface area contributed by atoms with Crippen LogP contribution in [0.15, 0.2) is 23.3 Å². The lowest BCUT2D eigenvalue weighted by Crippen LogP contribution is -2.33. The summed E-state index contributed by atoms with van der Waals surface area (Å²) in [5.41, 5.74) is 2.41.